The van der Waals surface area contributed by atoms with E-state index in [0.717, 1.165) is 24.3 Å². The third-order valence-corrected chi connectivity index (χ3v) is 9.34. The van der Waals surface area contributed by atoms with Crippen LogP contribution in [-0.4, -0.2) is 0 Å². The molecule has 0 amide bonds. The van der Waals surface area contributed by atoms with Crippen LogP contribution in [-0.2, 0) is 6.54 Å². The van der Waals surface area contributed by atoms with Gasteiger partial charge in [0.15, 0.2) is 6.54 Å². The van der Waals surface area contributed by atoms with E-state index < -0.39 is 0 Å². The van der Waals surface area contributed by atoms with E-state index in [-0.39, 0.29) is 0 Å². The van der Waals surface area contributed by atoms with Crippen LogP contribution in [0, 0.1) is 29.1 Å². The normalized spacial score (nSPS) is 24.5. The largest absolute Gasteiger partial charge is 0.213 e. The fourth-order valence-electron chi connectivity index (χ4n) is 7.04. The second-order valence-corrected chi connectivity index (χ2v) is 11.4. The molecule has 0 aliphatic heterocycles. The van der Waals surface area contributed by atoms with Crippen LogP contribution >= 0.6 is 0 Å². The summed E-state index contributed by atoms with van der Waals surface area (Å²) in [6.45, 7) is 8.61. The first-order valence-electron chi connectivity index (χ1n) is 13.3. The Labute approximate surface area is 210 Å². The molecule has 7 rings (SSSR count). The number of aromatic nitrogens is 1. The second-order valence-electron chi connectivity index (χ2n) is 11.4. The van der Waals surface area contributed by atoms with Gasteiger partial charge in [-0.05, 0) is 71.4 Å². The molecule has 1 aromatic heterocycles. The summed E-state index contributed by atoms with van der Waals surface area (Å²) < 4.78 is 2.63. The highest BCUT2D eigenvalue weighted by molar-refractivity contribution is 5.73. The second kappa shape index (κ2) is 8.79. The summed E-state index contributed by atoms with van der Waals surface area (Å²) in [5.41, 5.74) is 8.27. The molecule has 3 aromatic carbocycles. The Morgan fingerprint density at radius 2 is 1.14 bits per heavy atom. The lowest BCUT2D eigenvalue weighted by Crippen LogP contribution is -2.57. The van der Waals surface area contributed by atoms with E-state index in [4.69, 9.17) is 0 Å². The van der Waals surface area contributed by atoms with Gasteiger partial charge in [-0.1, -0.05) is 87.5 Å². The zero-order valence-electron chi connectivity index (χ0n) is 21.2. The molecule has 1 nitrogen and oxygen atoms in total. The van der Waals surface area contributed by atoms with Gasteiger partial charge in [-0.15, -0.1) is 0 Å². The van der Waals surface area contributed by atoms with Gasteiger partial charge >= 0.3 is 0 Å². The van der Waals surface area contributed by atoms with Crippen molar-refractivity contribution < 1.29 is 4.57 Å². The molecule has 35 heavy (non-hydrogen) atoms. The van der Waals surface area contributed by atoms with Crippen LogP contribution in [0.25, 0.3) is 33.6 Å². The SMILES string of the molecule is C[C@@H]1[C@@H](C[n+]2c(-c3ccccc3)cc(-c3ccccc3)cc2-c2ccccc2)C[C@H]2C[C@H]1C2(C)C. The number of hydrogen-bond donors (Lipinski definition) is 0. The maximum Gasteiger partial charge on any atom is 0.213 e. The number of hydrogen-bond acceptors (Lipinski definition) is 0. The lowest BCUT2D eigenvalue weighted by Gasteiger charge is -2.61. The Morgan fingerprint density at radius 3 is 1.60 bits per heavy atom. The van der Waals surface area contributed by atoms with Crippen molar-refractivity contribution in [2.75, 3.05) is 0 Å². The van der Waals surface area contributed by atoms with Crippen LogP contribution in [0.15, 0.2) is 103 Å². The van der Waals surface area contributed by atoms with Gasteiger partial charge in [0, 0.05) is 29.2 Å². The van der Waals surface area contributed by atoms with Gasteiger partial charge in [0.25, 0.3) is 0 Å². The van der Waals surface area contributed by atoms with Gasteiger partial charge in [-0.3, -0.25) is 0 Å². The molecule has 3 saturated carbocycles. The Kier molecular flexibility index (Phi) is 5.60. The first-order chi connectivity index (χ1) is 17.0. The number of benzene rings is 3. The van der Waals surface area contributed by atoms with E-state index >= 15 is 0 Å². The standard InChI is InChI=1S/C34H36N/c1-24-29(19-30-22-31(24)34(30,2)3)23-35-32(26-15-9-5-10-16-26)20-28(25-13-7-4-8-14-25)21-33(35)27-17-11-6-12-18-27/h4-18,20-21,24,29-31H,19,22-23H2,1-3H3/q+1/t24-,29-,30+,31-/m1/s1. The molecule has 0 radical (unpaired) electrons. The number of rotatable bonds is 5. The summed E-state index contributed by atoms with van der Waals surface area (Å²) >= 11 is 0. The van der Waals surface area contributed by atoms with Crippen molar-refractivity contribution in [1.29, 1.82) is 0 Å². The molecule has 3 aliphatic carbocycles. The number of nitrogens with zero attached hydrogens (tertiary/aromatic N) is 1. The van der Waals surface area contributed by atoms with Crippen LogP contribution in [0.1, 0.15) is 33.6 Å². The van der Waals surface area contributed by atoms with Gasteiger partial charge in [0.2, 0.25) is 11.4 Å². The molecule has 3 fully saturated rings. The molecule has 0 saturated heterocycles. The van der Waals surface area contributed by atoms with Gasteiger partial charge in [0.05, 0.1) is 0 Å². The minimum Gasteiger partial charge on any atom is -0.191 e. The molecule has 4 aromatic rings. The first kappa shape index (κ1) is 22.3. The lowest BCUT2D eigenvalue weighted by atomic mass is 9.43. The first-order valence-corrected chi connectivity index (χ1v) is 13.3. The average molecular weight is 459 g/mol. The van der Waals surface area contributed by atoms with E-state index in [0.29, 0.717) is 11.3 Å². The third-order valence-electron chi connectivity index (χ3n) is 9.34. The van der Waals surface area contributed by atoms with Crippen molar-refractivity contribution in [2.24, 2.45) is 29.1 Å². The molecule has 0 unspecified atom stereocenters. The molecule has 1 heterocycles. The summed E-state index contributed by atoms with van der Waals surface area (Å²) in [4.78, 5) is 0. The molecule has 3 aliphatic rings. The fourth-order valence-corrected chi connectivity index (χ4v) is 7.04. The minimum absolute atomic E-state index is 0.516. The van der Waals surface area contributed by atoms with Crippen LogP contribution in [0.3, 0.4) is 0 Å². The topological polar surface area (TPSA) is 3.88 Å². The van der Waals surface area contributed by atoms with Crippen molar-refractivity contribution in [3.05, 3.63) is 103 Å². The predicted molar refractivity (Wildman–Crippen MR) is 146 cm³/mol. The molecule has 1 heteroatoms. The van der Waals surface area contributed by atoms with Crippen molar-refractivity contribution in [1.82, 2.24) is 0 Å². The van der Waals surface area contributed by atoms with Crippen LogP contribution in [0.5, 0.6) is 0 Å². The maximum absolute atomic E-state index is 2.63. The fraction of sp³-hybridized carbons (Fsp3) is 0.324. The highest BCUT2D eigenvalue weighted by Gasteiger charge is 2.57. The number of fused-ring (bicyclic) bond motifs is 2. The van der Waals surface area contributed by atoms with Crippen molar-refractivity contribution in [3.8, 4) is 33.6 Å². The third kappa shape index (κ3) is 3.92. The molecule has 0 N–H and O–H groups in total. The Hall–Kier alpha value is -3.19. The summed E-state index contributed by atoms with van der Waals surface area (Å²) in [6.07, 6.45) is 2.78. The Bertz CT molecular complexity index is 1250. The molecule has 2 bridgehead atoms. The zero-order chi connectivity index (χ0) is 24.0. The van der Waals surface area contributed by atoms with E-state index in [1.54, 1.807) is 0 Å². The van der Waals surface area contributed by atoms with Gasteiger partial charge in [0.1, 0.15) is 0 Å². The molecular weight excluding hydrogens is 422 g/mol. The predicted octanol–water partition coefficient (Wildman–Crippen LogP) is 8.29. The zero-order valence-corrected chi connectivity index (χ0v) is 21.2. The summed E-state index contributed by atoms with van der Waals surface area (Å²) in [6, 6.07) is 37.6. The smallest absolute Gasteiger partial charge is 0.191 e. The molecular formula is C34H36N+. The quantitative estimate of drug-likeness (QED) is 0.265. The van der Waals surface area contributed by atoms with Gasteiger partial charge in [-0.25, -0.2) is 0 Å². The van der Waals surface area contributed by atoms with Crippen LogP contribution in [0.4, 0.5) is 0 Å². The lowest BCUT2D eigenvalue weighted by molar-refractivity contribution is -0.684. The van der Waals surface area contributed by atoms with E-state index in [2.05, 4.69) is 128 Å². The monoisotopic (exact) mass is 458 g/mol. The molecule has 4 atom stereocenters. The van der Waals surface area contributed by atoms with Gasteiger partial charge < -0.3 is 0 Å². The van der Waals surface area contributed by atoms with Crippen molar-refractivity contribution in [3.63, 3.8) is 0 Å². The molecule has 176 valence electrons. The van der Waals surface area contributed by atoms with Crippen molar-refractivity contribution >= 4 is 0 Å². The van der Waals surface area contributed by atoms with E-state index in [1.807, 2.05) is 0 Å². The average Bonchev–Trinajstić information content (AvgIpc) is 2.91. The minimum atomic E-state index is 0.516. The maximum atomic E-state index is 2.63. The Morgan fingerprint density at radius 1 is 0.657 bits per heavy atom. The summed E-state index contributed by atoms with van der Waals surface area (Å²) in [7, 11) is 0. The highest BCUT2D eigenvalue weighted by atomic mass is 15.0. The van der Waals surface area contributed by atoms with E-state index in [1.165, 1.54) is 46.5 Å². The van der Waals surface area contributed by atoms with E-state index in [9.17, 15) is 0 Å². The highest BCUT2D eigenvalue weighted by Crippen LogP contribution is 2.63. The van der Waals surface area contributed by atoms with Gasteiger partial charge in [-0.2, -0.15) is 4.57 Å². The van der Waals surface area contributed by atoms with Crippen molar-refractivity contribution in [2.45, 2.75) is 40.2 Å². The summed E-state index contributed by atoms with van der Waals surface area (Å²) in [5, 5.41) is 0. The summed E-state index contributed by atoms with van der Waals surface area (Å²) in [5.74, 6) is 3.20. The molecule has 0 spiro atoms. The van der Waals surface area contributed by atoms with Crippen LogP contribution in [0.2, 0.25) is 0 Å². The number of pyridine rings is 1. The van der Waals surface area contributed by atoms with Crippen LogP contribution < -0.4 is 4.57 Å². The Balaban J connectivity index is 1.52.